The van der Waals surface area contributed by atoms with E-state index in [9.17, 15) is 33.6 Å². The predicted octanol–water partition coefficient (Wildman–Crippen LogP) is -0.545. The smallest absolute Gasteiger partial charge is 0.387 e. The minimum absolute atomic E-state index is 0.116. The van der Waals surface area contributed by atoms with Gasteiger partial charge >= 0.3 is 29.2 Å². The Labute approximate surface area is 195 Å². The summed E-state index contributed by atoms with van der Waals surface area (Å²) in [5.41, 5.74) is 5.74. The molecule has 1 aliphatic rings. The van der Waals surface area contributed by atoms with Gasteiger partial charge in [0.05, 0.1) is 6.61 Å². The van der Waals surface area contributed by atoms with Crippen molar-refractivity contribution >= 4 is 29.3 Å². The molecule has 1 aromatic carbocycles. The molecule has 0 aliphatic carbocycles. The first kappa shape index (κ1) is 27.8. The summed E-state index contributed by atoms with van der Waals surface area (Å²) in [6.45, 7) is -1.04. The van der Waals surface area contributed by atoms with Crippen LogP contribution in [0.15, 0.2) is 41.3 Å². The fourth-order valence-electron chi connectivity index (χ4n) is 3.07. The van der Waals surface area contributed by atoms with Crippen molar-refractivity contribution in [3.63, 3.8) is 0 Å². The minimum Gasteiger partial charge on any atom is -0.387 e. The van der Waals surface area contributed by atoms with Crippen LogP contribution in [0.3, 0.4) is 0 Å². The van der Waals surface area contributed by atoms with Crippen LogP contribution < -0.4 is 11.4 Å². The lowest BCUT2D eigenvalue weighted by Gasteiger charge is -2.19. The van der Waals surface area contributed by atoms with Crippen molar-refractivity contribution in [3.05, 3.63) is 47.0 Å². The van der Waals surface area contributed by atoms with Crippen molar-refractivity contribution in [2.75, 3.05) is 12.3 Å². The molecule has 20 heteroatoms. The van der Waals surface area contributed by atoms with Crippen molar-refractivity contribution in [2.45, 2.75) is 24.5 Å². The molecule has 3 unspecified atom stereocenters. The van der Waals surface area contributed by atoms with E-state index in [1.54, 1.807) is 30.3 Å². The second-order valence-corrected chi connectivity index (χ2v) is 11.4. The van der Waals surface area contributed by atoms with Gasteiger partial charge in [-0.3, -0.25) is 9.09 Å². The number of rotatable bonds is 9. The number of nitrogens with zero attached hydrogens (tertiary/aromatic N) is 2. The Morgan fingerprint density at radius 3 is 2.23 bits per heavy atom. The van der Waals surface area contributed by atoms with Crippen LogP contribution in [0.2, 0.25) is 0 Å². The van der Waals surface area contributed by atoms with Gasteiger partial charge in [-0.2, -0.15) is 13.6 Å². The SMILES string of the molecule is Nc1nc(=O)n([C@@H]2O[C@H](COP(=O)(O)OP(=O)(O)OP(=O)(O)O)C(O)[C@@H]2O)cc1-c1ccccc1. The van der Waals surface area contributed by atoms with Crippen molar-refractivity contribution in [2.24, 2.45) is 0 Å². The Bertz CT molecular complexity index is 1270. The van der Waals surface area contributed by atoms with Crippen molar-refractivity contribution in [1.82, 2.24) is 9.55 Å². The van der Waals surface area contributed by atoms with Gasteiger partial charge in [0.15, 0.2) is 6.23 Å². The number of phosphoric ester groups is 1. The molecule has 1 fully saturated rings. The molecule has 8 N–H and O–H groups in total. The summed E-state index contributed by atoms with van der Waals surface area (Å²) in [6, 6.07) is 8.50. The number of nitrogen functional groups attached to an aromatic ring is 1. The van der Waals surface area contributed by atoms with Crippen LogP contribution in [-0.4, -0.2) is 64.3 Å². The normalized spacial score (nSPS) is 26.2. The Morgan fingerprint density at radius 2 is 1.63 bits per heavy atom. The second-order valence-electron chi connectivity index (χ2n) is 7.03. The van der Waals surface area contributed by atoms with E-state index in [-0.39, 0.29) is 5.82 Å². The van der Waals surface area contributed by atoms with Crippen LogP contribution in [0.5, 0.6) is 0 Å². The van der Waals surface area contributed by atoms with Crippen LogP contribution in [0.1, 0.15) is 6.23 Å². The lowest BCUT2D eigenvalue weighted by molar-refractivity contribution is -0.0540. The molecule has 35 heavy (non-hydrogen) atoms. The second kappa shape index (κ2) is 10.3. The molecule has 194 valence electrons. The lowest BCUT2D eigenvalue weighted by Crippen LogP contribution is -2.36. The van der Waals surface area contributed by atoms with Crippen molar-refractivity contribution < 1.29 is 61.4 Å². The summed E-state index contributed by atoms with van der Waals surface area (Å²) in [5, 5.41) is 20.6. The number of aromatic nitrogens is 2. The maximum Gasteiger partial charge on any atom is 0.490 e. The van der Waals surface area contributed by atoms with Crippen LogP contribution in [0, 0.1) is 0 Å². The molecule has 0 bridgehead atoms. The largest absolute Gasteiger partial charge is 0.490 e. The van der Waals surface area contributed by atoms with E-state index in [0.29, 0.717) is 11.1 Å². The molecule has 0 amide bonds. The van der Waals surface area contributed by atoms with Crippen LogP contribution in [-0.2, 0) is 31.6 Å². The summed E-state index contributed by atoms with van der Waals surface area (Å²) in [5.74, 6) is -0.116. The Morgan fingerprint density at radius 1 is 1.00 bits per heavy atom. The summed E-state index contributed by atoms with van der Waals surface area (Å²) in [4.78, 5) is 51.8. The highest BCUT2D eigenvalue weighted by Crippen LogP contribution is 2.66. The molecule has 17 nitrogen and oxygen atoms in total. The summed E-state index contributed by atoms with van der Waals surface area (Å²) in [7, 11) is -16.8. The maximum absolute atomic E-state index is 12.4. The zero-order valence-corrected chi connectivity index (χ0v) is 19.9. The molecule has 2 heterocycles. The summed E-state index contributed by atoms with van der Waals surface area (Å²) in [6.07, 6.45) is -5.47. The number of ether oxygens (including phenoxy) is 1. The first-order valence-electron chi connectivity index (χ1n) is 9.32. The van der Waals surface area contributed by atoms with Gasteiger partial charge in [0.25, 0.3) is 0 Å². The van der Waals surface area contributed by atoms with Crippen LogP contribution in [0.4, 0.5) is 5.82 Å². The number of anilines is 1. The van der Waals surface area contributed by atoms with Gasteiger partial charge in [-0.05, 0) is 5.56 Å². The Hall–Kier alpha value is -1.81. The van der Waals surface area contributed by atoms with Gasteiger partial charge in [0, 0.05) is 11.8 Å². The number of aliphatic hydroxyl groups excluding tert-OH is 2. The van der Waals surface area contributed by atoms with E-state index in [0.717, 1.165) is 4.57 Å². The van der Waals surface area contributed by atoms with E-state index in [2.05, 4.69) is 18.1 Å². The number of hydrogen-bond acceptors (Lipinski definition) is 12. The molecule has 1 aliphatic heterocycles. The number of benzene rings is 1. The third-order valence-corrected chi connectivity index (χ3v) is 8.30. The molecule has 0 saturated carbocycles. The molecule has 0 spiro atoms. The van der Waals surface area contributed by atoms with E-state index in [1.807, 2.05) is 0 Å². The molecule has 2 aromatic rings. The monoisotopic (exact) mass is 559 g/mol. The molecular formula is C15H20N3O14P3. The highest BCUT2D eigenvalue weighted by Gasteiger charge is 2.47. The summed E-state index contributed by atoms with van der Waals surface area (Å²) >= 11 is 0. The number of phosphoric acid groups is 3. The molecule has 6 atom stereocenters. The number of aliphatic hydroxyl groups is 2. The van der Waals surface area contributed by atoms with Crippen molar-refractivity contribution in [3.8, 4) is 11.1 Å². The number of nitrogens with two attached hydrogens (primary N) is 1. The zero-order valence-electron chi connectivity index (χ0n) is 17.2. The molecule has 3 rings (SSSR count). The van der Waals surface area contributed by atoms with Gasteiger partial charge in [-0.1, -0.05) is 30.3 Å². The van der Waals surface area contributed by atoms with E-state index >= 15 is 0 Å². The minimum atomic E-state index is -5.75. The standard InChI is InChI=1S/C15H20N3O14P3/c16-13-9(8-4-2-1-3-5-8)6-18(15(21)17-13)14-12(20)11(19)10(30-14)7-29-34(25,26)32-35(27,28)31-33(22,23)24/h1-6,10-12,14,19-20H,7H2,(H,25,26)(H,27,28)(H2,16,17,21)(H2,22,23,24)/t10-,11?,12+,14-/m1/s1. The van der Waals surface area contributed by atoms with Gasteiger partial charge < -0.3 is 40.3 Å². The third kappa shape index (κ3) is 7.12. The van der Waals surface area contributed by atoms with Gasteiger partial charge in [-0.15, -0.1) is 0 Å². The lowest BCUT2D eigenvalue weighted by atomic mass is 10.1. The molecule has 1 aromatic heterocycles. The highest BCUT2D eigenvalue weighted by molar-refractivity contribution is 7.66. The fraction of sp³-hybridized carbons (Fsp3) is 0.333. The predicted molar refractivity (Wildman–Crippen MR) is 114 cm³/mol. The Balaban J connectivity index is 1.76. The van der Waals surface area contributed by atoms with Gasteiger partial charge in [0.1, 0.15) is 24.1 Å². The zero-order chi connectivity index (χ0) is 26.2. The quantitative estimate of drug-likeness (QED) is 0.190. The molecule has 0 radical (unpaired) electrons. The average Bonchev–Trinajstić information content (AvgIpc) is 2.99. The van der Waals surface area contributed by atoms with E-state index in [4.69, 9.17) is 25.2 Å². The molecular weight excluding hydrogens is 539 g/mol. The van der Waals surface area contributed by atoms with Crippen molar-refractivity contribution in [1.29, 1.82) is 0 Å². The van der Waals surface area contributed by atoms with Crippen LogP contribution >= 0.6 is 23.5 Å². The van der Waals surface area contributed by atoms with E-state index < -0.39 is 60.3 Å². The topological polar surface area (TPSA) is 270 Å². The Kier molecular flexibility index (Phi) is 8.16. The van der Waals surface area contributed by atoms with Crippen LogP contribution in [0.25, 0.3) is 11.1 Å². The third-order valence-electron chi connectivity index (χ3n) is 4.50. The average molecular weight is 559 g/mol. The first-order valence-corrected chi connectivity index (χ1v) is 13.8. The fourth-order valence-corrected chi connectivity index (χ4v) is 6.10. The van der Waals surface area contributed by atoms with Gasteiger partial charge in [0.2, 0.25) is 0 Å². The highest BCUT2D eigenvalue weighted by atomic mass is 31.3. The van der Waals surface area contributed by atoms with E-state index in [1.165, 1.54) is 6.20 Å². The maximum atomic E-state index is 12.4. The molecule has 1 saturated heterocycles. The van der Waals surface area contributed by atoms with Gasteiger partial charge in [-0.25, -0.2) is 18.5 Å². The first-order chi connectivity index (χ1) is 16.1. The number of hydrogen-bond donors (Lipinski definition) is 7. The summed E-state index contributed by atoms with van der Waals surface area (Å²) < 4.78 is 51.7.